The number of unbranched alkanes of at least 4 members (excludes halogenated alkanes) is 8. The van der Waals surface area contributed by atoms with Crippen LogP contribution < -0.4 is 0 Å². The van der Waals surface area contributed by atoms with Gasteiger partial charge < -0.3 is 0 Å². The Morgan fingerprint density at radius 3 is 1.97 bits per heavy atom. The van der Waals surface area contributed by atoms with Gasteiger partial charge in [-0.15, -0.1) is 0 Å². The first-order chi connectivity index (χ1) is 13.8. The van der Waals surface area contributed by atoms with Crippen molar-refractivity contribution in [3.63, 3.8) is 0 Å². The summed E-state index contributed by atoms with van der Waals surface area (Å²) >= 11 is 0. The lowest BCUT2D eigenvalue weighted by Crippen LogP contribution is -2.63. The van der Waals surface area contributed by atoms with Crippen LogP contribution in [0.15, 0.2) is 0 Å². The van der Waals surface area contributed by atoms with E-state index in [4.69, 9.17) is 4.84 Å². The molecule has 2 atom stereocenters. The van der Waals surface area contributed by atoms with Crippen molar-refractivity contribution < 1.29 is 4.84 Å². The van der Waals surface area contributed by atoms with Crippen molar-refractivity contribution in [2.45, 2.75) is 156 Å². The lowest BCUT2D eigenvalue weighted by Gasteiger charge is -2.57. The van der Waals surface area contributed by atoms with E-state index in [1.165, 1.54) is 96.3 Å². The van der Waals surface area contributed by atoms with Gasteiger partial charge in [-0.3, -0.25) is 4.84 Å². The van der Waals surface area contributed by atoms with Crippen LogP contribution in [0.3, 0.4) is 0 Å². The molecule has 2 unspecified atom stereocenters. The van der Waals surface area contributed by atoms with Crippen molar-refractivity contribution in [3.05, 3.63) is 0 Å². The molecule has 0 saturated carbocycles. The summed E-state index contributed by atoms with van der Waals surface area (Å²) in [6, 6.07) is 0. The summed E-state index contributed by atoms with van der Waals surface area (Å²) in [5.74, 6) is 1.60. The fraction of sp³-hybridized carbons (Fsp3) is 1.00. The quantitative estimate of drug-likeness (QED) is 0.236. The van der Waals surface area contributed by atoms with Crippen LogP contribution in [0.5, 0.6) is 0 Å². The molecule has 1 heterocycles. The van der Waals surface area contributed by atoms with E-state index in [1.807, 2.05) is 0 Å². The normalized spacial score (nSPS) is 22.7. The zero-order chi connectivity index (χ0) is 21.8. The van der Waals surface area contributed by atoms with E-state index < -0.39 is 0 Å². The molecule has 0 amide bonds. The zero-order valence-corrected chi connectivity index (χ0v) is 21.3. The number of hydrogen-bond acceptors (Lipinski definition) is 2. The summed E-state index contributed by atoms with van der Waals surface area (Å²) in [4.78, 5) is 6.55. The standard InChI is InChI=1S/C27H55NO/c1-8-11-13-15-16-18-23-29-28-26(4,5)22-21-25(27(28,6)7)24(19-10-3)20-17-14-12-9-2/h24-25H,8-23H2,1-7H3. The molecule has 0 aliphatic carbocycles. The van der Waals surface area contributed by atoms with Crippen LogP contribution in [-0.2, 0) is 4.84 Å². The summed E-state index contributed by atoms with van der Waals surface area (Å²) < 4.78 is 0. The highest BCUT2D eigenvalue weighted by Crippen LogP contribution is 2.47. The van der Waals surface area contributed by atoms with E-state index >= 15 is 0 Å². The molecule has 2 nitrogen and oxygen atoms in total. The third-order valence-corrected chi connectivity index (χ3v) is 7.42. The van der Waals surface area contributed by atoms with Crippen LogP contribution in [0, 0.1) is 11.8 Å². The van der Waals surface area contributed by atoms with Crippen LogP contribution in [0.25, 0.3) is 0 Å². The van der Waals surface area contributed by atoms with E-state index in [0.29, 0.717) is 0 Å². The lowest BCUT2D eigenvalue weighted by atomic mass is 9.66. The summed E-state index contributed by atoms with van der Waals surface area (Å²) in [5, 5.41) is 2.44. The van der Waals surface area contributed by atoms with E-state index in [-0.39, 0.29) is 11.1 Å². The van der Waals surface area contributed by atoms with Gasteiger partial charge in [0.1, 0.15) is 0 Å². The van der Waals surface area contributed by atoms with Gasteiger partial charge in [0.05, 0.1) is 6.61 Å². The van der Waals surface area contributed by atoms with Gasteiger partial charge in [0.25, 0.3) is 0 Å². The van der Waals surface area contributed by atoms with Crippen LogP contribution in [-0.4, -0.2) is 22.7 Å². The van der Waals surface area contributed by atoms with Gasteiger partial charge in [-0.25, -0.2) is 0 Å². The van der Waals surface area contributed by atoms with Gasteiger partial charge in [-0.05, 0) is 58.8 Å². The van der Waals surface area contributed by atoms with Crippen molar-refractivity contribution >= 4 is 0 Å². The van der Waals surface area contributed by atoms with Gasteiger partial charge in [0, 0.05) is 11.1 Å². The molecular weight excluding hydrogens is 354 g/mol. The second-order valence-corrected chi connectivity index (χ2v) is 10.9. The third kappa shape index (κ3) is 8.90. The zero-order valence-electron chi connectivity index (χ0n) is 21.3. The van der Waals surface area contributed by atoms with E-state index in [0.717, 1.165) is 18.4 Å². The Bertz CT molecular complexity index is 403. The number of hydrogen-bond donors (Lipinski definition) is 0. The SMILES string of the molecule is CCCCCCCCON1C(C)(C)CCC(C(CCC)CCCCCC)C1(C)C. The minimum atomic E-state index is 0.120. The Balaban J connectivity index is 2.68. The Labute approximate surface area is 184 Å². The van der Waals surface area contributed by atoms with Crippen molar-refractivity contribution in [1.82, 2.24) is 5.06 Å². The van der Waals surface area contributed by atoms with Gasteiger partial charge in [0.15, 0.2) is 0 Å². The summed E-state index contributed by atoms with van der Waals surface area (Å²) in [5.41, 5.74) is 0.260. The Morgan fingerprint density at radius 1 is 0.759 bits per heavy atom. The van der Waals surface area contributed by atoms with Crippen LogP contribution in [0.1, 0.15) is 145 Å². The van der Waals surface area contributed by atoms with Crippen LogP contribution >= 0.6 is 0 Å². The monoisotopic (exact) mass is 409 g/mol. The van der Waals surface area contributed by atoms with E-state index in [9.17, 15) is 0 Å². The van der Waals surface area contributed by atoms with Crippen LogP contribution in [0.2, 0.25) is 0 Å². The molecule has 0 bridgehead atoms. The molecule has 1 rings (SSSR count). The largest absolute Gasteiger partial charge is 0.298 e. The maximum atomic E-state index is 6.55. The smallest absolute Gasteiger partial charge is 0.0685 e. The van der Waals surface area contributed by atoms with Crippen molar-refractivity contribution in [2.24, 2.45) is 11.8 Å². The summed E-state index contributed by atoms with van der Waals surface area (Å²) in [6.45, 7) is 17.6. The molecule has 29 heavy (non-hydrogen) atoms. The molecule has 0 spiro atoms. The van der Waals surface area contributed by atoms with Gasteiger partial charge >= 0.3 is 0 Å². The molecule has 0 aromatic heterocycles. The Hall–Kier alpha value is -0.0800. The first-order valence-electron chi connectivity index (χ1n) is 13.2. The van der Waals surface area contributed by atoms with Gasteiger partial charge in [-0.1, -0.05) is 97.8 Å². The molecule has 2 heteroatoms. The molecule has 174 valence electrons. The highest BCUT2D eigenvalue weighted by atomic mass is 16.7. The van der Waals surface area contributed by atoms with E-state index in [1.54, 1.807) is 0 Å². The third-order valence-electron chi connectivity index (χ3n) is 7.42. The predicted molar refractivity (Wildman–Crippen MR) is 129 cm³/mol. The number of piperidine rings is 1. The van der Waals surface area contributed by atoms with Gasteiger partial charge in [0.2, 0.25) is 0 Å². The molecule has 1 saturated heterocycles. The molecule has 1 aliphatic rings. The molecule has 0 N–H and O–H groups in total. The maximum Gasteiger partial charge on any atom is 0.0685 e. The number of hydroxylamine groups is 2. The molecule has 1 fully saturated rings. The Morgan fingerprint density at radius 2 is 1.34 bits per heavy atom. The second kappa shape index (κ2) is 14.1. The summed E-state index contributed by atoms with van der Waals surface area (Å²) in [7, 11) is 0. The maximum absolute atomic E-state index is 6.55. The van der Waals surface area contributed by atoms with Crippen molar-refractivity contribution in [3.8, 4) is 0 Å². The average Bonchev–Trinajstić information content (AvgIpc) is 2.65. The van der Waals surface area contributed by atoms with Crippen molar-refractivity contribution in [1.29, 1.82) is 0 Å². The first-order valence-corrected chi connectivity index (χ1v) is 13.2. The second-order valence-electron chi connectivity index (χ2n) is 10.9. The molecule has 1 aliphatic heterocycles. The average molecular weight is 410 g/mol. The fourth-order valence-corrected chi connectivity index (χ4v) is 5.84. The highest BCUT2D eigenvalue weighted by molar-refractivity contribution is 5.00. The topological polar surface area (TPSA) is 12.5 Å². The lowest BCUT2D eigenvalue weighted by molar-refractivity contribution is -0.299. The molecule has 0 radical (unpaired) electrons. The fourth-order valence-electron chi connectivity index (χ4n) is 5.84. The first kappa shape index (κ1) is 27.0. The highest BCUT2D eigenvalue weighted by Gasteiger charge is 2.50. The molecule has 0 aromatic rings. The minimum Gasteiger partial charge on any atom is -0.298 e. The van der Waals surface area contributed by atoms with E-state index in [2.05, 4.69) is 53.5 Å². The van der Waals surface area contributed by atoms with Crippen molar-refractivity contribution in [2.75, 3.05) is 6.61 Å². The predicted octanol–water partition coefficient (Wildman–Crippen LogP) is 8.93. The van der Waals surface area contributed by atoms with Crippen LogP contribution in [0.4, 0.5) is 0 Å². The molecular formula is C27H55NO. The minimum absolute atomic E-state index is 0.120. The van der Waals surface area contributed by atoms with Gasteiger partial charge in [-0.2, -0.15) is 5.06 Å². The molecule has 0 aromatic carbocycles. The number of rotatable bonds is 16. The number of nitrogens with zero attached hydrogens (tertiary/aromatic N) is 1. The Kier molecular flexibility index (Phi) is 13.1. The summed E-state index contributed by atoms with van der Waals surface area (Å²) in [6.07, 6.45) is 20.2.